The van der Waals surface area contributed by atoms with Gasteiger partial charge >= 0.3 is 0 Å². The van der Waals surface area contributed by atoms with Crippen molar-refractivity contribution < 1.29 is 18.4 Å². The van der Waals surface area contributed by atoms with Gasteiger partial charge in [0.2, 0.25) is 0 Å². The summed E-state index contributed by atoms with van der Waals surface area (Å²) in [4.78, 5) is 9.94. The highest BCUT2D eigenvalue weighted by Crippen LogP contribution is 2.32. The maximum Gasteiger partial charge on any atom is 0.275 e. The van der Waals surface area contributed by atoms with Crippen molar-refractivity contribution in [1.29, 1.82) is 0 Å². The highest BCUT2D eigenvalue weighted by Gasteiger charge is 2.23. The zero-order chi connectivity index (χ0) is 17.4. The van der Waals surface area contributed by atoms with Crippen molar-refractivity contribution in [2.24, 2.45) is 0 Å². The lowest BCUT2D eigenvalue weighted by Crippen LogP contribution is -2.14. The summed E-state index contributed by atoms with van der Waals surface area (Å²) in [6.07, 6.45) is 0. The van der Waals surface area contributed by atoms with Gasteiger partial charge in [0.15, 0.2) is 0 Å². The van der Waals surface area contributed by atoms with Gasteiger partial charge in [-0.05, 0) is 37.6 Å². The number of anilines is 1. The molecule has 0 heterocycles. The molecule has 0 saturated carbocycles. The van der Waals surface area contributed by atoms with E-state index < -0.39 is 20.6 Å². The number of hydrogen-bond acceptors (Lipinski definition) is 5. The van der Waals surface area contributed by atoms with Crippen molar-refractivity contribution in [2.75, 3.05) is 4.72 Å². The molecule has 0 saturated heterocycles. The van der Waals surface area contributed by atoms with Crippen LogP contribution in [0.5, 0.6) is 5.75 Å². The number of aromatic hydroxyl groups is 1. The quantitative estimate of drug-likeness (QED) is 0.495. The van der Waals surface area contributed by atoms with Crippen molar-refractivity contribution in [3.8, 4) is 5.75 Å². The van der Waals surface area contributed by atoms with Crippen molar-refractivity contribution in [2.45, 2.75) is 18.7 Å². The lowest BCUT2D eigenvalue weighted by atomic mass is 10.2. The smallest absolute Gasteiger partial charge is 0.275 e. The second-order valence-electron chi connectivity index (χ2n) is 4.93. The molecule has 0 unspecified atom stereocenters. The van der Waals surface area contributed by atoms with Crippen molar-refractivity contribution >= 4 is 33.0 Å². The van der Waals surface area contributed by atoms with E-state index in [-0.39, 0.29) is 26.9 Å². The molecule has 0 radical (unpaired) electrons. The standard InChI is InChI=1S/C14H13ClN2O5S/c1-8-3-4-14(18)12(5-8)16-23(21,22)10-6-11(15)9(2)13(7-10)17(19)20/h3-7,16,18H,1-2H3. The molecule has 0 amide bonds. The molecule has 0 atom stereocenters. The second-order valence-corrected chi connectivity index (χ2v) is 7.02. The van der Waals surface area contributed by atoms with E-state index >= 15 is 0 Å². The molecule has 0 aliphatic rings. The van der Waals surface area contributed by atoms with Crippen LogP contribution in [0.2, 0.25) is 5.02 Å². The molecule has 0 bridgehead atoms. The molecule has 2 rings (SSSR count). The van der Waals surface area contributed by atoms with Gasteiger partial charge in [-0.25, -0.2) is 8.42 Å². The van der Waals surface area contributed by atoms with Gasteiger partial charge in [-0.2, -0.15) is 0 Å². The number of nitrogens with zero attached hydrogens (tertiary/aromatic N) is 1. The largest absolute Gasteiger partial charge is 0.506 e. The highest BCUT2D eigenvalue weighted by molar-refractivity contribution is 7.92. The predicted octanol–water partition coefficient (Wildman–Crippen LogP) is 3.37. The average Bonchev–Trinajstić information content (AvgIpc) is 2.44. The van der Waals surface area contributed by atoms with E-state index in [9.17, 15) is 23.6 Å². The third-order valence-electron chi connectivity index (χ3n) is 3.19. The summed E-state index contributed by atoms with van der Waals surface area (Å²) < 4.78 is 27.0. The fraction of sp³-hybridized carbons (Fsp3) is 0.143. The number of rotatable bonds is 4. The van der Waals surface area contributed by atoms with Gasteiger partial charge in [0, 0.05) is 11.6 Å². The van der Waals surface area contributed by atoms with Crippen LogP contribution in [0.1, 0.15) is 11.1 Å². The van der Waals surface area contributed by atoms with Crippen LogP contribution in [0.3, 0.4) is 0 Å². The highest BCUT2D eigenvalue weighted by atomic mass is 35.5. The zero-order valence-corrected chi connectivity index (χ0v) is 13.8. The van der Waals surface area contributed by atoms with Gasteiger partial charge in [-0.1, -0.05) is 17.7 Å². The summed E-state index contributed by atoms with van der Waals surface area (Å²) in [7, 11) is -4.15. The van der Waals surface area contributed by atoms with Crippen molar-refractivity contribution in [3.05, 3.63) is 56.6 Å². The predicted molar refractivity (Wildman–Crippen MR) is 86.5 cm³/mol. The lowest BCUT2D eigenvalue weighted by molar-refractivity contribution is -0.385. The third-order valence-corrected chi connectivity index (χ3v) is 4.93. The van der Waals surface area contributed by atoms with Gasteiger partial charge in [0.25, 0.3) is 15.7 Å². The molecule has 2 N–H and O–H groups in total. The molecular formula is C14H13ClN2O5S. The first-order valence-corrected chi connectivity index (χ1v) is 8.25. The minimum absolute atomic E-state index is 0.0237. The molecule has 122 valence electrons. The van der Waals surface area contributed by atoms with Gasteiger partial charge in [0.1, 0.15) is 5.75 Å². The van der Waals surface area contributed by atoms with Crippen LogP contribution in [0, 0.1) is 24.0 Å². The van der Waals surface area contributed by atoms with E-state index in [1.807, 2.05) is 0 Å². The Kier molecular flexibility index (Phi) is 4.49. The van der Waals surface area contributed by atoms with E-state index in [4.69, 9.17) is 11.6 Å². The van der Waals surface area contributed by atoms with Crippen LogP contribution in [0.4, 0.5) is 11.4 Å². The average molecular weight is 357 g/mol. The number of phenols is 1. The number of sulfonamides is 1. The number of nitro groups is 1. The molecular weight excluding hydrogens is 344 g/mol. The number of hydrogen-bond donors (Lipinski definition) is 2. The van der Waals surface area contributed by atoms with E-state index in [0.717, 1.165) is 17.7 Å². The molecule has 0 aliphatic heterocycles. The van der Waals surface area contributed by atoms with Crippen LogP contribution >= 0.6 is 11.6 Å². The van der Waals surface area contributed by atoms with E-state index in [1.165, 1.54) is 19.1 Å². The summed E-state index contributed by atoms with van der Waals surface area (Å²) in [6.45, 7) is 3.15. The molecule has 9 heteroatoms. The minimum Gasteiger partial charge on any atom is -0.506 e. The Morgan fingerprint density at radius 3 is 2.48 bits per heavy atom. The normalized spacial score (nSPS) is 11.3. The third kappa shape index (κ3) is 3.54. The Balaban J connectivity index is 2.52. The number of halogens is 1. The fourth-order valence-corrected chi connectivity index (χ4v) is 3.31. The molecule has 7 nitrogen and oxygen atoms in total. The Morgan fingerprint density at radius 1 is 1.22 bits per heavy atom. The van der Waals surface area contributed by atoms with Crippen LogP contribution in [-0.4, -0.2) is 18.4 Å². The van der Waals surface area contributed by atoms with E-state index in [2.05, 4.69) is 4.72 Å². The maximum atomic E-state index is 12.4. The molecule has 0 spiro atoms. The summed E-state index contributed by atoms with van der Waals surface area (Å²) >= 11 is 5.88. The van der Waals surface area contributed by atoms with E-state index in [0.29, 0.717) is 0 Å². The molecule has 2 aromatic carbocycles. The molecule has 2 aromatic rings. The SMILES string of the molecule is Cc1ccc(O)c(NS(=O)(=O)c2cc(Cl)c(C)c([N+](=O)[O-])c2)c1. The summed E-state index contributed by atoms with van der Waals surface area (Å²) in [6, 6.07) is 6.45. The summed E-state index contributed by atoms with van der Waals surface area (Å²) in [5.74, 6) is -0.258. The number of phenolic OH excluding ortho intramolecular Hbond substituents is 1. The number of nitrogens with one attached hydrogen (secondary N) is 1. The van der Waals surface area contributed by atoms with Gasteiger partial charge in [-0.3, -0.25) is 14.8 Å². The Morgan fingerprint density at radius 2 is 1.87 bits per heavy atom. The first kappa shape index (κ1) is 17.0. The van der Waals surface area contributed by atoms with Crippen LogP contribution in [0.25, 0.3) is 0 Å². The minimum atomic E-state index is -4.15. The lowest BCUT2D eigenvalue weighted by Gasteiger charge is -2.11. The van der Waals surface area contributed by atoms with Crippen molar-refractivity contribution in [3.63, 3.8) is 0 Å². The van der Waals surface area contributed by atoms with Crippen molar-refractivity contribution in [1.82, 2.24) is 0 Å². The molecule has 23 heavy (non-hydrogen) atoms. The molecule has 0 fully saturated rings. The van der Waals surface area contributed by atoms with Gasteiger partial charge < -0.3 is 5.11 Å². The fourth-order valence-electron chi connectivity index (χ4n) is 1.92. The number of benzene rings is 2. The Hall–Kier alpha value is -2.32. The Labute approximate surface area is 137 Å². The topological polar surface area (TPSA) is 110 Å². The Bertz CT molecular complexity index is 896. The zero-order valence-electron chi connectivity index (χ0n) is 12.2. The monoisotopic (exact) mass is 356 g/mol. The van der Waals surface area contributed by atoms with Crippen LogP contribution < -0.4 is 4.72 Å². The second kappa shape index (κ2) is 6.05. The maximum absolute atomic E-state index is 12.4. The first-order chi connectivity index (χ1) is 10.6. The number of aryl methyl sites for hydroxylation is 1. The van der Waals surface area contributed by atoms with Crippen LogP contribution in [-0.2, 0) is 10.0 Å². The molecule has 0 aliphatic carbocycles. The molecule has 0 aromatic heterocycles. The number of nitro benzene ring substituents is 1. The van der Waals surface area contributed by atoms with Gasteiger partial charge in [-0.15, -0.1) is 0 Å². The van der Waals surface area contributed by atoms with Gasteiger partial charge in [0.05, 0.1) is 20.5 Å². The summed E-state index contributed by atoms with van der Waals surface area (Å²) in [5, 5.41) is 20.7. The first-order valence-electron chi connectivity index (χ1n) is 6.39. The van der Waals surface area contributed by atoms with E-state index in [1.54, 1.807) is 13.0 Å². The van der Waals surface area contributed by atoms with Crippen LogP contribution in [0.15, 0.2) is 35.2 Å². The summed E-state index contributed by atoms with van der Waals surface area (Å²) in [5.41, 5.74) is 0.484.